The molecule has 2 heterocycles. The number of hydrogen-bond donors (Lipinski definition) is 2. The molecule has 0 saturated heterocycles. The summed E-state index contributed by atoms with van der Waals surface area (Å²) >= 11 is 5.31. The van der Waals surface area contributed by atoms with Gasteiger partial charge in [-0.2, -0.15) is 14.9 Å². The van der Waals surface area contributed by atoms with Crippen LogP contribution >= 0.6 is 12.2 Å². The number of nitrogens with one attached hydrogen (secondary N) is 2. The van der Waals surface area contributed by atoms with Crippen LogP contribution in [0.1, 0.15) is 5.56 Å². The van der Waals surface area contributed by atoms with Gasteiger partial charge in [-0.3, -0.25) is 0 Å². The lowest BCUT2D eigenvalue weighted by Crippen LogP contribution is -1.95. The standard InChI is InChI=1S/C18H15N5OS/c1-24-14-8-6-12(7-9-14)17-21-22-18(25)23(17)20-11-13-10-19-16-5-3-2-4-15(13)16/h2-11,19H,1H3,(H,22,25). The fourth-order valence-corrected chi connectivity index (χ4v) is 2.83. The van der Waals surface area contributed by atoms with Crippen molar-refractivity contribution in [2.75, 3.05) is 7.11 Å². The van der Waals surface area contributed by atoms with Crippen molar-refractivity contribution in [3.05, 3.63) is 65.1 Å². The number of benzene rings is 2. The van der Waals surface area contributed by atoms with Crippen LogP contribution in [0.25, 0.3) is 22.3 Å². The van der Waals surface area contributed by atoms with Gasteiger partial charge >= 0.3 is 0 Å². The molecule has 4 aromatic rings. The molecule has 0 saturated carbocycles. The molecule has 124 valence electrons. The Morgan fingerprint density at radius 1 is 1.16 bits per heavy atom. The maximum absolute atomic E-state index is 5.31. The highest BCUT2D eigenvalue weighted by atomic mass is 32.1. The van der Waals surface area contributed by atoms with E-state index in [4.69, 9.17) is 17.0 Å². The third-order valence-corrected chi connectivity index (χ3v) is 4.20. The predicted octanol–water partition coefficient (Wildman–Crippen LogP) is 3.98. The molecule has 7 heteroatoms. The quantitative estimate of drug-likeness (QED) is 0.432. The van der Waals surface area contributed by atoms with Gasteiger partial charge in [0, 0.05) is 28.2 Å². The van der Waals surface area contributed by atoms with Gasteiger partial charge in [-0.25, -0.2) is 5.10 Å². The normalized spacial score (nSPS) is 11.4. The maximum atomic E-state index is 5.31. The number of fused-ring (bicyclic) bond motifs is 1. The average Bonchev–Trinajstić information content (AvgIpc) is 3.23. The van der Waals surface area contributed by atoms with Crippen molar-refractivity contribution < 1.29 is 4.74 Å². The minimum absolute atomic E-state index is 0.432. The molecule has 6 nitrogen and oxygen atoms in total. The molecular weight excluding hydrogens is 334 g/mol. The van der Waals surface area contributed by atoms with E-state index in [-0.39, 0.29) is 0 Å². The minimum Gasteiger partial charge on any atom is -0.497 e. The van der Waals surface area contributed by atoms with E-state index in [2.05, 4.69) is 20.3 Å². The van der Waals surface area contributed by atoms with Gasteiger partial charge in [0.25, 0.3) is 0 Å². The van der Waals surface area contributed by atoms with Crippen LogP contribution in [-0.4, -0.2) is 33.2 Å². The van der Waals surface area contributed by atoms with Crippen LogP contribution in [0.15, 0.2) is 59.8 Å². The van der Waals surface area contributed by atoms with Gasteiger partial charge in [-0.15, -0.1) is 0 Å². The Hall–Kier alpha value is -3.19. The zero-order valence-electron chi connectivity index (χ0n) is 13.4. The third-order valence-electron chi connectivity index (χ3n) is 3.93. The van der Waals surface area contributed by atoms with Crippen LogP contribution in [0, 0.1) is 4.77 Å². The van der Waals surface area contributed by atoms with Crippen molar-refractivity contribution in [3.8, 4) is 17.1 Å². The molecule has 0 amide bonds. The van der Waals surface area contributed by atoms with Gasteiger partial charge in [0.15, 0.2) is 5.82 Å². The van der Waals surface area contributed by atoms with Gasteiger partial charge < -0.3 is 9.72 Å². The van der Waals surface area contributed by atoms with E-state index < -0.39 is 0 Å². The fraction of sp³-hybridized carbons (Fsp3) is 0.0556. The first-order chi connectivity index (χ1) is 12.3. The lowest BCUT2D eigenvalue weighted by atomic mass is 10.2. The summed E-state index contributed by atoms with van der Waals surface area (Å²) in [6, 6.07) is 15.7. The topological polar surface area (TPSA) is 71.0 Å². The summed E-state index contributed by atoms with van der Waals surface area (Å²) in [7, 11) is 1.64. The van der Waals surface area contributed by atoms with Crippen LogP contribution in [0.4, 0.5) is 0 Å². The number of rotatable bonds is 4. The summed E-state index contributed by atoms with van der Waals surface area (Å²) in [5.41, 5.74) is 2.94. The molecule has 2 aromatic carbocycles. The zero-order chi connectivity index (χ0) is 17.2. The summed E-state index contributed by atoms with van der Waals surface area (Å²) in [4.78, 5) is 3.23. The molecule has 0 radical (unpaired) electrons. The molecule has 0 aliphatic carbocycles. The van der Waals surface area contributed by atoms with Gasteiger partial charge in [0.1, 0.15) is 5.75 Å². The second kappa shape index (κ2) is 6.37. The van der Waals surface area contributed by atoms with E-state index in [0.717, 1.165) is 27.8 Å². The molecule has 0 aliphatic heterocycles. The van der Waals surface area contributed by atoms with Crippen molar-refractivity contribution in [3.63, 3.8) is 0 Å². The van der Waals surface area contributed by atoms with Crippen molar-refractivity contribution in [1.29, 1.82) is 0 Å². The maximum Gasteiger partial charge on any atom is 0.216 e. The molecule has 25 heavy (non-hydrogen) atoms. The highest BCUT2D eigenvalue weighted by Crippen LogP contribution is 2.21. The molecule has 2 aromatic heterocycles. The largest absolute Gasteiger partial charge is 0.497 e. The minimum atomic E-state index is 0.432. The summed E-state index contributed by atoms with van der Waals surface area (Å²) in [6.07, 6.45) is 3.70. The molecular formula is C18H15N5OS. The average molecular weight is 349 g/mol. The van der Waals surface area contributed by atoms with Crippen molar-refractivity contribution in [1.82, 2.24) is 19.9 Å². The van der Waals surface area contributed by atoms with Crippen LogP contribution in [0.2, 0.25) is 0 Å². The molecule has 2 N–H and O–H groups in total. The molecule has 4 rings (SSSR count). The van der Waals surface area contributed by atoms with E-state index >= 15 is 0 Å². The van der Waals surface area contributed by atoms with Gasteiger partial charge in [0.05, 0.1) is 13.3 Å². The number of aromatic amines is 2. The Kier molecular flexibility index (Phi) is 3.91. The number of nitrogens with zero attached hydrogens (tertiary/aromatic N) is 3. The summed E-state index contributed by atoms with van der Waals surface area (Å²) in [6.45, 7) is 0. The van der Waals surface area contributed by atoms with Gasteiger partial charge in [0.2, 0.25) is 4.77 Å². The number of aromatic nitrogens is 4. The van der Waals surface area contributed by atoms with E-state index in [0.29, 0.717) is 10.6 Å². The van der Waals surface area contributed by atoms with Crippen LogP contribution < -0.4 is 4.74 Å². The Balaban J connectivity index is 1.73. The predicted molar refractivity (Wildman–Crippen MR) is 101 cm³/mol. The first kappa shape index (κ1) is 15.3. The highest BCUT2D eigenvalue weighted by molar-refractivity contribution is 7.71. The highest BCUT2D eigenvalue weighted by Gasteiger charge is 2.08. The van der Waals surface area contributed by atoms with Crippen LogP contribution in [-0.2, 0) is 0 Å². The van der Waals surface area contributed by atoms with E-state index in [9.17, 15) is 0 Å². The number of para-hydroxylation sites is 1. The SMILES string of the molecule is COc1ccc(-c2n[nH]c(=S)n2N=Cc2c[nH]c3ccccc23)cc1. The van der Waals surface area contributed by atoms with E-state index in [1.54, 1.807) is 18.0 Å². The van der Waals surface area contributed by atoms with Crippen LogP contribution in [0.5, 0.6) is 5.75 Å². The second-order valence-electron chi connectivity index (χ2n) is 5.43. The number of hydrogen-bond acceptors (Lipinski definition) is 4. The Labute approximate surface area is 148 Å². The number of H-pyrrole nitrogens is 2. The molecule has 0 spiro atoms. The van der Waals surface area contributed by atoms with Gasteiger partial charge in [-0.05, 0) is 42.5 Å². The van der Waals surface area contributed by atoms with Crippen molar-refractivity contribution in [2.24, 2.45) is 5.10 Å². The van der Waals surface area contributed by atoms with E-state index in [1.165, 1.54) is 0 Å². The second-order valence-corrected chi connectivity index (χ2v) is 5.81. The first-order valence-electron chi connectivity index (χ1n) is 7.68. The molecule has 0 unspecified atom stereocenters. The molecule has 0 bridgehead atoms. The summed E-state index contributed by atoms with van der Waals surface area (Å²) in [5, 5.41) is 12.7. The Morgan fingerprint density at radius 3 is 2.76 bits per heavy atom. The number of ether oxygens (including phenoxy) is 1. The Morgan fingerprint density at radius 2 is 1.96 bits per heavy atom. The lowest BCUT2D eigenvalue weighted by molar-refractivity contribution is 0.415. The molecule has 0 aliphatic rings. The molecule has 0 fully saturated rings. The summed E-state index contributed by atoms with van der Waals surface area (Å²) < 4.78 is 7.23. The lowest BCUT2D eigenvalue weighted by Gasteiger charge is -2.03. The fourth-order valence-electron chi connectivity index (χ4n) is 2.65. The number of methoxy groups -OCH3 is 1. The molecule has 0 atom stereocenters. The smallest absolute Gasteiger partial charge is 0.216 e. The first-order valence-corrected chi connectivity index (χ1v) is 8.09. The summed E-state index contributed by atoms with van der Waals surface area (Å²) in [5.74, 6) is 1.43. The van der Waals surface area contributed by atoms with E-state index in [1.807, 2.05) is 54.7 Å². The third kappa shape index (κ3) is 2.85. The van der Waals surface area contributed by atoms with Crippen molar-refractivity contribution in [2.45, 2.75) is 0 Å². The van der Waals surface area contributed by atoms with Crippen LogP contribution in [0.3, 0.4) is 0 Å². The monoisotopic (exact) mass is 349 g/mol. The van der Waals surface area contributed by atoms with Crippen molar-refractivity contribution >= 4 is 29.3 Å². The van der Waals surface area contributed by atoms with Gasteiger partial charge in [-0.1, -0.05) is 18.2 Å². The Bertz CT molecular complexity index is 1100. The zero-order valence-corrected chi connectivity index (χ0v) is 14.2.